The van der Waals surface area contributed by atoms with Gasteiger partial charge in [-0.1, -0.05) is 29.8 Å². The van der Waals surface area contributed by atoms with Crippen molar-refractivity contribution in [3.8, 4) is 0 Å². The zero-order valence-corrected chi connectivity index (χ0v) is 14.2. The molecule has 2 aromatic rings. The summed E-state index contributed by atoms with van der Waals surface area (Å²) in [5, 5.41) is 2.76. The molecule has 1 atom stereocenters. The van der Waals surface area contributed by atoms with Crippen LogP contribution in [0.3, 0.4) is 0 Å². The lowest BCUT2D eigenvalue weighted by atomic mass is 9.99. The number of Topliss-reactive ketones (excluding diaryl/α,β-unsaturated/α-hetero) is 1. The van der Waals surface area contributed by atoms with Crippen LogP contribution >= 0.6 is 0 Å². The maximum atomic E-state index is 12.3. The highest BCUT2D eigenvalue weighted by Crippen LogP contribution is 2.32. The molecule has 1 heterocycles. The maximum absolute atomic E-state index is 12.3. The summed E-state index contributed by atoms with van der Waals surface area (Å²) in [6.45, 7) is 3.46. The lowest BCUT2D eigenvalue weighted by Crippen LogP contribution is -2.16. The molecule has 0 bridgehead atoms. The second-order valence-corrected chi connectivity index (χ2v) is 6.26. The van der Waals surface area contributed by atoms with Gasteiger partial charge in [-0.05, 0) is 43.2 Å². The number of ketones is 1. The third-order valence-corrected chi connectivity index (χ3v) is 4.32. The standard InChI is InChI=1S/C20H19NO4/c1-12-3-5-14(6-4-12)9-19(23)25-11-18(22)15-7-8-17-16(10-15)13(2)20(24)21-17/h3-8,10,13H,9,11H2,1-2H3,(H,21,24)/t13-/m0/s1. The van der Waals surface area contributed by atoms with Gasteiger partial charge in [0.15, 0.2) is 12.4 Å². The molecule has 0 aliphatic carbocycles. The number of aryl methyl sites for hydroxylation is 1. The first-order valence-corrected chi connectivity index (χ1v) is 8.13. The predicted octanol–water partition coefficient (Wildman–Crippen LogP) is 3.02. The van der Waals surface area contributed by atoms with Crippen molar-refractivity contribution in [1.29, 1.82) is 0 Å². The summed E-state index contributed by atoms with van der Waals surface area (Å²) in [7, 11) is 0. The Bertz CT molecular complexity index is 839. The molecule has 5 heteroatoms. The van der Waals surface area contributed by atoms with Crippen molar-refractivity contribution in [2.45, 2.75) is 26.2 Å². The third-order valence-electron chi connectivity index (χ3n) is 4.32. The summed E-state index contributed by atoms with van der Waals surface area (Å²) in [4.78, 5) is 35.8. The molecule has 128 valence electrons. The zero-order chi connectivity index (χ0) is 18.0. The quantitative estimate of drug-likeness (QED) is 0.672. The first-order chi connectivity index (χ1) is 11.9. The van der Waals surface area contributed by atoms with E-state index in [9.17, 15) is 14.4 Å². The SMILES string of the molecule is Cc1ccc(CC(=O)OCC(=O)c2ccc3c(c2)[C@H](C)C(=O)N3)cc1. The summed E-state index contributed by atoms with van der Waals surface area (Å²) in [6.07, 6.45) is 0.132. The van der Waals surface area contributed by atoms with Crippen molar-refractivity contribution in [1.82, 2.24) is 0 Å². The summed E-state index contributed by atoms with van der Waals surface area (Å²) in [6, 6.07) is 12.6. The summed E-state index contributed by atoms with van der Waals surface area (Å²) in [5.74, 6) is -1.09. The lowest BCUT2D eigenvalue weighted by molar-refractivity contribution is -0.141. The van der Waals surface area contributed by atoms with Crippen molar-refractivity contribution in [2.75, 3.05) is 11.9 Å². The molecule has 0 saturated heterocycles. The molecule has 1 amide bonds. The van der Waals surface area contributed by atoms with Crippen LogP contribution in [-0.4, -0.2) is 24.3 Å². The smallest absolute Gasteiger partial charge is 0.310 e. The van der Waals surface area contributed by atoms with Gasteiger partial charge in [-0.15, -0.1) is 0 Å². The number of hydrogen-bond acceptors (Lipinski definition) is 4. The van der Waals surface area contributed by atoms with Crippen LogP contribution in [0.2, 0.25) is 0 Å². The molecule has 0 unspecified atom stereocenters. The molecule has 0 fully saturated rings. The lowest BCUT2D eigenvalue weighted by Gasteiger charge is -2.07. The summed E-state index contributed by atoms with van der Waals surface area (Å²) >= 11 is 0. The number of carbonyl (C=O) groups excluding carboxylic acids is 3. The minimum atomic E-state index is -0.441. The van der Waals surface area contributed by atoms with Crippen LogP contribution in [0.1, 0.15) is 39.9 Å². The van der Waals surface area contributed by atoms with Crippen LogP contribution in [0.4, 0.5) is 5.69 Å². The van der Waals surface area contributed by atoms with Gasteiger partial charge < -0.3 is 10.1 Å². The number of ether oxygens (including phenoxy) is 1. The number of rotatable bonds is 5. The number of anilines is 1. The van der Waals surface area contributed by atoms with Crippen LogP contribution in [0.15, 0.2) is 42.5 Å². The third kappa shape index (κ3) is 3.76. The molecule has 0 saturated carbocycles. The van der Waals surface area contributed by atoms with E-state index in [1.165, 1.54) is 0 Å². The monoisotopic (exact) mass is 337 g/mol. The Morgan fingerprint density at radius 3 is 2.56 bits per heavy atom. The minimum Gasteiger partial charge on any atom is -0.457 e. The van der Waals surface area contributed by atoms with Gasteiger partial charge in [-0.2, -0.15) is 0 Å². The Labute approximate surface area is 146 Å². The van der Waals surface area contributed by atoms with Crippen LogP contribution < -0.4 is 5.32 Å². The Morgan fingerprint density at radius 1 is 1.12 bits per heavy atom. The van der Waals surface area contributed by atoms with Crippen LogP contribution in [0, 0.1) is 6.92 Å². The summed E-state index contributed by atoms with van der Waals surface area (Å²) in [5.41, 5.74) is 3.92. The zero-order valence-electron chi connectivity index (χ0n) is 14.2. The molecule has 0 aromatic heterocycles. The Kier molecular flexibility index (Phi) is 4.65. The largest absolute Gasteiger partial charge is 0.457 e. The Hall–Kier alpha value is -2.95. The molecule has 1 N–H and O–H groups in total. The first-order valence-electron chi connectivity index (χ1n) is 8.13. The van der Waals surface area contributed by atoms with Gasteiger partial charge in [-0.3, -0.25) is 14.4 Å². The number of benzene rings is 2. The van der Waals surface area contributed by atoms with E-state index < -0.39 is 5.97 Å². The number of carbonyl (C=O) groups is 3. The predicted molar refractivity (Wildman–Crippen MR) is 93.7 cm³/mol. The second-order valence-electron chi connectivity index (χ2n) is 6.26. The van der Waals surface area contributed by atoms with Gasteiger partial charge in [0.1, 0.15) is 0 Å². The van der Waals surface area contributed by atoms with Gasteiger partial charge in [0, 0.05) is 11.3 Å². The minimum absolute atomic E-state index is 0.0795. The molecular formula is C20H19NO4. The topological polar surface area (TPSA) is 72.5 Å². The normalized spacial score (nSPS) is 15.4. The maximum Gasteiger partial charge on any atom is 0.310 e. The first kappa shape index (κ1) is 16.9. The van der Waals surface area contributed by atoms with Crippen LogP contribution in [0.5, 0.6) is 0 Å². The molecule has 3 rings (SSSR count). The number of nitrogens with one attached hydrogen (secondary N) is 1. The van der Waals surface area contributed by atoms with Gasteiger partial charge in [0.2, 0.25) is 5.91 Å². The fraction of sp³-hybridized carbons (Fsp3) is 0.250. The van der Waals surface area contributed by atoms with E-state index in [1.807, 2.05) is 31.2 Å². The Balaban J connectivity index is 1.59. The second kappa shape index (κ2) is 6.89. The molecule has 2 aromatic carbocycles. The molecule has 1 aliphatic rings. The van der Waals surface area contributed by atoms with Gasteiger partial charge in [0.05, 0.1) is 12.3 Å². The fourth-order valence-corrected chi connectivity index (χ4v) is 2.74. The van der Waals surface area contributed by atoms with E-state index in [0.29, 0.717) is 5.56 Å². The van der Waals surface area contributed by atoms with Crippen LogP contribution in [0.25, 0.3) is 0 Å². The Morgan fingerprint density at radius 2 is 1.84 bits per heavy atom. The number of amides is 1. The van der Waals surface area contributed by atoms with Crippen molar-refractivity contribution >= 4 is 23.3 Å². The van der Waals surface area contributed by atoms with E-state index in [0.717, 1.165) is 22.4 Å². The molecule has 0 radical (unpaired) electrons. The number of esters is 1. The number of hydrogen-bond donors (Lipinski definition) is 1. The number of fused-ring (bicyclic) bond motifs is 1. The van der Waals surface area contributed by atoms with Crippen molar-refractivity contribution in [2.24, 2.45) is 0 Å². The van der Waals surface area contributed by atoms with Gasteiger partial charge >= 0.3 is 5.97 Å². The summed E-state index contributed by atoms with van der Waals surface area (Å²) < 4.78 is 5.09. The van der Waals surface area contributed by atoms with E-state index >= 15 is 0 Å². The van der Waals surface area contributed by atoms with Crippen molar-refractivity contribution in [3.63, 3.8) is 0 Å². The average molecular weight is 337 g/mol. The molecule has 25 heavy (non-hydrogen) atoms. The van der Waals surface area contributed by atoms with Crippen molar-refractivity contribution in [3.05, 3.63) is 64.7 Å². The van der Waals surface area contributed by atoms with E-state index in [4.69, 9.17) is 4.74 Å². The average Bonchev–Trinajstić information content (AvgIpc) is 2.89. The van der Waals surface area contributed by atoms with Gasteiger partial charge in [0.25, 0.3) is 0 Å². The van der Waals surface area contributed by atoms with Gasteiger partial charge in [-0.25, -0.2) is 0 Å². The fourth-order valence-electron chi connectivity index (χ4n) is 2.74. The van der Waals surface area contributed by atoms with E-state index in [2.05, 4.69) is 5.32 Å². The van der Waals surface area contributed by atoms with Crippen molar-refractivity contribution < 1.29 is 19.1 Å². The highest BCUT2D eigenvalue weighted by Gasteiger charge is 2.27. The molecule has 1 aliphatic heterocycles. The highest BCUT2D eigenvalue weighted by molar-refractivity contribution is 6.05. The highest BCUT2D eigenvalue weighted by atomic mass is 16.5. The van der Waals surface area contributed by atoms with E-state index in [-0.39, 0.29) is 30.6 Å². The molecular weight excluding hydrogens is 318 g/mol. The van der Waals surface area contributed by atoms with Crippen LogP contribution in [-0.2, 0) is 20.7 Å². The van der Waals surface area contributed by atoms with E-state index in [1.54, 1.807) is 25.1 Å². The molecule has 0 spiro atoms. The molecule has 5 nitrogen and oxygen atoms in total.